The predicted molar refractivity (Wildman–Crippen MR) is 83.7 cm³/mol. The van der Waals surface area contributed by atoms with Crippen LogP contribution in [0.1, 0.15) is 5.56 Å². The molecular formula is C15H16N6O2. The molecule has 2 aromatic heterocycles. The summed E-state index contributed by atoms with van der Waals surface area (Å²) in [7, 11) is 1.66. The number of aryl methyl sites for hydroxylation is 1. The fourth-order valence-corrected chi connectivity index (χ4v) is 2.26. The van der Waals surface area contributed by atoms with Crippen LogP contribution in [0.25, 0.3) is 11.2 Å². The molecule has 0 fully saturated rings. The Labute approximate surface area is 131 Å². The van der Waals surface area contributed by atoms with Crippen molar-refractivity contribution >= 4 is 17.1 Å². The first-order valence-electron chi connectivity index (χ1n) is 7.20. The third-order valence-electron chi connectivity index (χ3n) is 3.47. The molecule has 3 rings (SSSR count). The molecule has 0 aliphatic heterocycles. The summed E-state index contributed by atoms with van der Waals surface area (Å²) in [4.78, 5) is 28.3. The lowest BCUT2D eigenvalue weighted by Crippen LogP contribution is -2.33. The van der Waals surface area contributed by atoms with Crippen LogP contribution in [0.3, 0.4) is 0 Å². The van der Waals surface area contributed by atoms with Crippen molar-refractivity contribution in [2.45, 2.75) is 13.0 Å². The molecule has 0 bridgehead atoms. The molecule has 0 aliphatic carbocycles. The van der Waals surface area contributed by atoms with E-state index in [4.69, 9.17) is 0 Å². The van der Waals surface area contributed by atoms with Gasteiger partial charge >= 0.3 is 0 Å². The molecule has 2 heterocycles. The van der Waals surface area contributed by atoms with E-state index in [2.05, 4.69) is 20.6 Å². The number of hydrogen-bond donors (Lipinski definition) is 1. The number of carbonyl (C=O) groups excluding carboxylic acids is 1. The van der Waals surface area contributed by atoms with Gasteiger partial charge in [0, 0.05) is 13.6 Å². The third kappa shape index (κ3) is 3.25. The SMILES string of the molecule is Cn1nnc2c(=O)n(CC(=O)NCCc3ccccc3)cnc21. The van der Waals surface area contributed by atoms with Gasteiger partial charge in [0.2, 0.25) is 5.91 Å². The van der Waals surface area contributed by atoms with Gasteiger partial charge in [-0.2, -0.15) is 0 Å². The highest BCUT2D eigenvalue weighted by atomic mass is 16.2. The van der Waals surface area contributed by atoms with E-state index >= 15 is 0 Å². The first-order chi connectivity index (χ1) is 11.1. The normalized spacial score (nSPS) is 10.8. The summed E-state index contributed by atoms with van der Waals surface area (Å²) in [5.41, 5.74) is 1.33. The summed E-state index contributed by atoms with van der Waals surface area (Å²) in [6.45, 7) is 0.422. The van der Waals surface area contributed by atoms with Crippen LogP contribution >= 0.6 is 0 Å². The first kappa shape index (κ1) is 14.9. The number of amides is 1. The summed E-state index contributed by atoms with van der Waals surface area (Å²) in [5.74, 6) is -0.243. The van der Waals surface area contributed by atoms with Gasteiger partial charge in [-0.05, 0) is 12.0 Å². The molecule has 8 nitrogen and oxygen atoms in total. The molecule has 0 radical (unpaired) electrons. The molecule has 8 heteroatoms. The molecule has 3 aromatic rings. The Morgan fingerprint density at radius 1 is 1.26 bits per heavy atom. The van der Waals surface area contributed by atoms with Crippen LogP contribution in [0, 0.1) is 0 Å². The largest absolute Gasteiger partial charge is 0.354 e. The maximum atomic E-state index is 12.2. The summed E-state index contributed by atoms with van der Waals surface area (Å²) < 4.78 is 2.65. The minimum Gasteiger partial charge on any atom is -0.354 e. The van der Waals surface area contributed by atoms with Crippen LogP contribution in [-0.2, 0) is 24.8 Å². The fraction of sp³-hybridized carbons (Fsp3) is 0.267. The summed E-state index contributed by atoms with van der Waals surface area (Å²) in [5, 5.41) is 10.3. The quantitative estimate of drug-likeness (QED) is 0.709. The Balaban J connectivity index is 1.62. The fourth-order valence-electron chi connectivity index (χ4n) is 2.26. The van der Waals surface area contributed by atoms with Crippen molar-refractivity contribution < 1.29 is 4.79 Å². The number of nitrogens with one attached hydrogen (secondary N) is 1. The second kappa shape index (κ2) is 6.39. The monoisotopic (exact) mass is 312 g/mol. The van der Waals surface area contributed by atoms with Gasteiger partial charge in [0.05, 0.1) is 0 Å². The van der Waals surface area contributed by atoms with Crippen LogP contribution in [0.5, 0.6) is 0 Å². The number of nitrogens with zero attached hydrogens (tertiary/aromatic N) is 5. The predicted octanol–water partition coefficient (Wildman–Crippen LogP) is -0.116. The van der Waals surface area contributed by atoms with Gasteiger partial charge in [0.1, 0.15) is 12.9 Å². The van der Waals surface area contributed by atoms with Crippen LogP contribution in [0.2, 0.25) is 0 Å². The van der Waals surface area contributed by atoms with Crippen LogP contribution in [0.15, 0.2) is 41.5 Å². The molecule has 1 aromatic carbocycles. The third-order valence-corrected chi connectivity index (χ3v) is 3.47. The minimum absolute atomic E-state index is 0.0901. The van der Waals surface area contributed by atoms with Crippen LogP contribution < -0.4 is 10.9 Å². The molecular weight excluding hydrogens is 296 g/mol. The first-order valence-corrected chi connectivity index (χ1v) is 7.20. The highest BCUT2D eigenvalue weighted by Crippen LogP contribution is 2.00. The molecule has 118 valence electrons. The zero-order valence-electron chi connectivity index (χ0n) is 12.6. The van der Waals surface area contributed by atoms with Gasteiger partial charge in [0.25, 0.3) is 5.56 Å². The van der Waals surface area contributed by atoms with Gasteiger partial charge in [-0.1, -0.05) is 35.5 Å². The van der Waals surface area contributed by atoms with Gasteiger partial charge in [-0.25, -0.2) is 9.67 Å². The molecule has 1 amide bonds. The van der Waals surface area contributed by atoms with E-state index in [-0.39, 0.29) is 23.5 Å². The molecule has 0 atom stereocenters. The maximum absolute atomic E-state index is 12.2. The van der Waals surface area contributed by atoms with E-state index in [0.29, 0.717) is 12.2 Å². The van der Waals surface area contributed by atoms with Gasteiger partial charge in [0.15, 0.2) is 11.2 Å². The Bertz CT molecular complexity index is 884. The van der Waals surface area contributed by atoms with Crippen molar-refractivity contribution in [2.75, 3.05) is 6.54 Å². The zero-order chi connectivity index (χ0) is 16.2. The highest BCUT2D eigenvalue weighted by Gasteiger charge is 2.11. The van der Waals surface area contributed by atoms with Crippen LogP contribution in [0.4, 0.5) is 0 Å². The second-order valence-electron chi connectivity index (χ2n) is 5.15. The lowest BCUT2D eigenvalue weighted by Gasteiger charge is -2.07. The second-order valence-corrected chi connectivity index (χ2v) is 5.15. The molecule has 0 unspecified atom stereocenters. The van der Waals surface area contributed by atoms with E-state index < -0.39 is 0 Å². The molecule has 1 N–H and O–H groups in total. The number of hydrogen-bond acceptors (Lipinski definition) is 5. The number of fused-ring (bicyclic) bond motifs is 1. The van der Waals surface area contributed by atoms with E-state index in [1.807, 2.05) is 30.3 Å². The van der Waals surface area contributed by atoms with Crippen molar-refractivity contribution in [3.05, 3.63) is 52.6 Å². The summed E-state index contributed by atoms with van der Waals surface area (Å²) in [6, 6.07) is 9.87. The molecule has 23 heavy (non-hydrogen) atoms. The average Bonchev–Trinajstić information content (AvgIpc) is 2.93. The number of rotatable bonds is 5. The molecule has 0 spiro atoms. The standard InChI is InChI=1S/C15H16N6O2/c1-20-14-13(18-19-20)15(23)21(10-17-14)9-12(22)16-8-7-11-5-3-2-4-6-11/h2-6,10H,7-9H2,1H3,(H,16,22). The van der Waals surface area contributed by atoms with Crippen LogP contribution in [-0.4, -0.2) is 37.0 Å². The summed E-state index contributed by atoms with van der Waals surface area (Å²) >= 11 is 0. The smallest absolute Gasteiger partial charge is 0.283 e. The maximum Gasteiger partial charge on any atom is 0.283 e. The van der Waals surface area contributed by atoms with E-state index in [9.17, 15) is 9.59 Å². The van der Waals surface area contributed by atoms with E-state index in [0.717, 1.165) is 12.0 Å². The Hall–Kier alpha value is -3.03. The van der Waals surface area contributed by atoms with Gasteiger partial charge in [-0.15, -0.1) is 5.10 Å². The van der Waals surface area contributed by atoms with Crippen molar-refractivity contribution in [3.63, 3.8) is 0 Å². The number of aromatic nitrogens is 5. The Morgan fingerprint density at radius 2 is 2.04 bits per heavy atom. The number of carbonyl (C=O) groups is 1. The summed E-state index contributed by atoms with van der Waals surface area (Å²) in [6.07, 6.45) is 2.08. The lowest BCUT2D eigenvalue weighted by atomic mass is 10.1. The van der Waals surface area contributed by atoms with Crippen molar-refractivity contribution in [2.24, 2.45) is 7.05 Å². The van der Waals surface area contributed by atoms with E-state index in [1.54, 1.807) is 7.05 Å². The Kier molecular flexibility index (Phi) is 4.13. The molecule has 0 saturated carbocycles. The molecule has 0 saturated heterocycles. The number of benzene rings is 1. The average molecular weight is 312 g/mol. The van der Waals surface area contributed by atoms with Crippen molar-refractivity contribution in [3.8, 4) is 0 Å². The van der Waals surface area contributed by atoms with Gasteiger partial charge in [-0.3, -0.25) is 14.2 Å². The Morgan fingerprint density at radius 3 is 2.83 bits per heavy atom. The zero-order valence-corrected chi connectivity index (χ0v) is 12.6. The van der Waals surface area contributed by atoms with Crippen molar-refractivity contribution in [1.82, 2.24) is 29.9 Å². The minimum atomic E-state index is -0.374. The lowest BCUT2D eigenvalue weighted by molar-refractivity contribution is -0.121. The van der Waals surface area contributed by atoms with Gasteiger partial charge < -0.3 is 5.32 Å². The van der Waals surface area contributed by atoms with E-state index in [1.165, 1.54) is 15.6 Å². The van der Waals surface area contributed by atoms with Crippen molar-refractivity contribution in [1.29, 1.82) is 0 Å². The highest BCUT2D eigenvalue weighted by molar-refractivity contribution is 5.76. The topological polar surface area (TPSA) is 94.7 Å². The molecule has 0 aliphatic rings.